The number of hydrogen-bond donors (Lipinski definition) is 2. The van der Waals surface area contributed by atoms with Gasteiger partial charge in [-0.25, -0.2) is 0 Å². The third kappa shape index (κ3) is 5.95. The van der Waals surface area contributed by atoms with Crippen molar-refractivity contribution < 1.29 is 9.59 Å². The molecule has 7 heteroatoms. The molecule has 1 atom stereocenters. The average molecular weight is 505 g/mol. The van der Waals surface area contributed by atoms with Crippen LogP contribution in [0.1, 0.15) is 36.0 Å². The molecular formula is C29H36N4O2S. The number of aromatic amines is 1. The average Bonchev–Trinajstić information content (AvgIpc) is 3.40. The molecule has 5 rings (SSSR count). The number of hydrogen-bond acceptors (Lipinski definition) is 4. The third-order valence-electron chi connectivity index (χ3n) is 7.86. The van der Waals surface area contributed by atoms with Crippen LogP contribution in [0.2, 0.25) is 0 Å². The van der Waals surface area contributed by atoms with Crippen LogP contribution in [-0.2, 0) is 4.79 Å². The second kappa shape index (κ2) is 11.5. The van der Waals surface area contributed by atoms with E-state index in [1.165, 1.54) is 25.9 Å². The van der Waals surface area contributed by atoms with Crippen molar-refractivity contribution in [2.45, 2.75) is 36.6 Å². The molecule has 0 saturated carbocycles. The van der Waals surface area contributed by atoms with Crippen LogP contribution < -0.4 is 5.32 Å². The molecule has 2 saturated heterocycles. The molecule has 190 valence electrons. The quantitative estimate of drug-likeness (QED) is 0.460. The van der Waals surface area contributed by atoms with Crippen LogP contribution in [0.25, 0.3) is 10.9 Å². The molecule has 2 aromatic carbocycles. The summed E-state index contributed by atoms with van der Waals surface area (Å²) in [6, 6.07) is 17.1. The first-order valence-corrected chi connectivity index (χ1v) is 14.1. The topological polar surface area (TPSA) is 68.4 Å². The monoisotopic (exact) mass is 504 g/mol. The van der Waals surface area contributed by atoms with Crippen molar-refractivity contribution in [1.82, 2.24) is 20.1 Å². The van der Waals surface area contributed by atoms with E-state index in [0.29, 0.717) is 17.2 Å². The lowest BCUT2D eigenvalue weighted by molar-refractivity contribution is -0.134. The zero-order valence-electron chi connectivity index (χ0n) is 21.0. The number of likely N-dealkylation sites (tertiary alicyclic amines) is 2. The summed E-state index contributed by atoms with van der Waals surface area (Å²) < 4.78 is 0. The minimum Gasteiger partial charge on any atom is -0.361 e. The predicted octanol–water partition coefficient (Wildman–Crippen LogP) is 4.64. The Labute approximate surface area is 217 Å². The first-order valence-electron chi connectivity index (χ1n) is 13.1. The highest BCUT2D eigenvalue weighted by molar-refractivity contribution is 7.99. The molecule has 0 unspecified atom stereocenters. The maximum atomic E-state index is 13.7. The van der Waals surface area contributed by atoms with Gasteiger partial charge >= 0.3 is 0 Å². The fourth-order valence-electron chi connectivity index (χ4n) is 5.61. The van der Waals surface area contributed by atoms with Crippen LogP contribution >= 0.6 is 11.8 Å². The number of piperidine rings is 2. The van der Waals surface area contributed by atoms with Gasteiger partial charge in [-0.2, -0.15) is 0 Å². The number of carbonyl (C=O) groups is 2. The molecule has 2 fully saturated rings. The van der Waals surface area contributed by atoms with E-state index in [1.54, 1.807) is 11.8 Å². The molecular weight excluding hydrogens is 468 g/mol. The van der Waals surface area contributed by atoms with Gasteiger partial charge in [0.1, 0.15) is 6.04 Å². The molecule has 0 bridgehead atoms. The van der Waals surface area contributed by atoms with Crippen molar-refractivity contribution in [1.29, 1.82) is 0 Å². The largest absolute Gasteiger partial charge is 0.361 e. The van der Waals surface area contributed by atoms with Crippen molar-refractivity contribution in [2.24, 2.45) is 11.8 Å². The molecule has 2 N–H and O–H groups in total. The Bertz CT molecular complexity index is 1160. The van der Waals surface area contributed by atoms with Crippen LogP contribution in [0.15, 0.2) is 65.7 Å². The molecule has 3 heterocycles. The van der Waals surface area contributed by atoms with Crippen molar-refractivity contribution >= 4 is 34.5 Å². The fraction of sp³-hybridized carbons (Fsp3) is 0.448. The van der Waals surface area contributed by atoms with Crippen LogP contribution in [0, 0.1) is 11.8 Å². The highest BCUT2D eigenvalue weighted by Gasteiger charge is 2.33. The number of nitrogens with one attached hydrogen (secondary N) is 2. The summed E-state index contributed by atoms with van der Waals surface area (Å²) in [5, 5.41) is 4.13. The number of nitrogens with zero attached hydrogens (tertiary/aromatic N) is 2. The number of fused-ring (bicyclic) bond motifs is 1. The molecule has 0 radical (unpaired) electrons. The number of thioether (sulfide) groups is 1. The molecule has 2 aliphatic rings. The number of carbonyl (C=O) groups excluding carboxylic acids is 2. The Hall–Kier alpha value is -2.77. The first kappa shape index (κ1) is 24.9. The summed E-state index contributed by atoms with van der Waals surface area (Å²) in [7, 11) is 2.20. The number of amides is 2. The molecule has 2 amide bonds. The van der Waals surface area contributed by atoms with E-state index in [1.807, 2.05) is 65.7 Å². The summed E-state index contributed by atoms with van der Waals surface area (Å²) in [5.41, 5.74) is 1.48. The zero-order valence-corrected chi connectivity index (χ0v) is 21.8. The molecule has 36 heavy (non-hydrogen) atoms. The summed E-state index contributed by atoms with van der Waals surface area (Å²) >= 11 is 1.61. The van der Waals surface area contributed by atoms with E-state index in [0.717, 1.165) is 47.6 Å². The SMILES string of the molecule is CN1CCC(C2CCN(C(=O)[C@@H](CSc3ccccc3)NC(=O)c3ccc4cc[nH]c4c3)CC2)CC1. The minimum absolute atomic E-state index is 0.0366. The highest BCUT2D eigenvalue weighted by Crippen LogP contribution is 2.32. The van der Waals surface area contributed by atoms with E-state index in [4.69, 9.17) is 0 Å². The lowest BCUT2D eigenvalue weighted by Gasteiger charge is -2.40. The van der Waals surface area contributed by atoms with Crippen LogP contribution in [0.3, 0.4) is 0 Å². The molecule has 6 nitrogen and oxygen atoms in total. The van der Waals surface area contributed by atoms with Crippen molar-refractivity contribution in [3.63, 3.8) is 0 Å². The predicted molar refractivity (Wildman–Crippen MR) is 146 cm³/mol. The van der Waals surface area contributed by atoms with Gasteiger partial charge in [-0.15, -0.1) is 11.8 Å². The third-order valence-corrected chi connectivity index (χ3v) is 8.97. The van der Waals surface area contributed by atoms with Crippen LogP contribution in [-0.4, -0.2) is 71.6 Å². The number of H-pyrrole nitrogens is 1. The van der Waals surface area contributed by atoms with Gasteiger partial charge in [0.25, 0.3) is 5.91 Å². The number of rotatable bonds is 7. The summed E-state index contributed by atoms with van der Waals surface area (Å²) in [5.74, 6) is 1.83. The van der Waals surface area contributed by atoms with E-state index in [-0.39, 0.29) is 11.8 Å². The zero-order chi connectivity index (χ0) is 24.9. The van der Waals surface area contributed by atoms with E-state index < -0.39 is 6.04 Å². The fourth-order valence-corrected chi connectivity index (χ4v) is 6.55. The molecule has 0 aliphatic carbocycles. The standard InChI is InChI=1S/C29H36N4O2S/c1-32-15-10-21(11-16-32)22-12-17-33(18-13-22)29(35)27(20-36-25-5-3-2-4-6-25)31-28(34)24-8-7-23-9-14-30-26(23)19-24/h2-9,14,19,21-22,27,30H,10-13,15-18,20H2,1H3,(H,31,34)/t27-/m1/s1. The van der Waals surface area contributed by atoms with Crippen LogP contribution in [0.4, 0.5) is 0 Å². The highest BCUT2D eigenvalue weighted by atomic mass is 32.2. The molecule has 1 aromatic heterocycles. The van der Waals surface area contributed by atoms with Gasteiger partial charge in [-0.3, -0.25) is 9.59 Å². The molecule has 3 aromatic rings. The number of aromatic nitrogens is 1. The Kier molecular flexibility index (Phi) is 7.97. The maximum absolute atomic E-state index is 13.7. The van der Waals surface area contributed by atoms with Gasteiger partial charge in [0.05, 0.1) is 0 Å². The number of benzene rings is 2. The van der Waals surface area contributed by atoms with Gasteiger partial charge in [0, 0.05) is 41.0 Å². The second-order valence-electron chi connectivity index (χ2n) is 10.2. The van der Waals surface area contributed by atoms with E-state index >= 15 is 0 Å². The Balaban J connectivity index is 1.24. The summed E-state index contributed by atoms with van der Waals surface area (Å²) in [4.78, 5) is 35.5. The van der Waals surface area contributed by atoms with Gasteiger partial charge in [-0.1, -0.05) is 24.3 Å². The van der Waals surface area contributed by atoms with Crippen molar-refractivity contribution in [3.8, 4) is 0 Å². The Morgan fingerprint density at radius 2 is 1.67 bits per heavy atom. The van der Waals surface area contributed by atoms with Crippen molar-refractivity contribution in [3.05, 3.63) is 66.4 Å². The van der Waals surface area contributed by atoms with Gasteiger partial charge in [-0.05, 0) is 93.4 Å². The van der Waals surface area contributed by atoms with Crippen molar-refractivity contribution in [2.75, 3.05) is 39.0 Å². The second-order valence-corrected chi connectivity index (χ2v) is 11.3. The van der Waals surface area contributed by atoms with Gasteiger partial charge < -0.3 is 20.1 Å². The Morgan fingerprint density at radius 3 is 2.39 bits per heavy atom. The van der Waals surface area contributed by atoms with Gasteiger partial charge in [0.15, 0.2) is 0 Å². The minimum atomic E-state index is -0.568. The maximum Gasteiger partial charge on any atom is 0.252 e. The first-order chi connectivity index (χ1) is 17.6. The van der Waals surface area contributed by atoms with Gasteiger partial charge in [0.2, 0.25) is 5.91 Å². The Morgan fingerprint density at radius 1 is 0.972 bits per heavy atom. The smallest absolute Gasteiger partial charge is 0.252 e. The molecule has 0 spiro atoms. The summed E-state index contributed by atoms with van der Waals surface area (Å²) in [6.07, 6.45) is 6.54. The molecule has 2 aliphatic heterocycles. The van der Waals surface area contributed by atoms with E-state index in [9.17, 15) is 9.59 Å². The van der Waals surface area contributed by atoms with Crippen LogP contribution in [0.5, 0.6) is 0 Å². The normalized spacial score (nSPS) is 18.9. The lowest BCUT2D eigenvalue weighted by atomic mass is 9.79. The summed E-state index contributed by atoms with van der Waals surface area (Å²) in [6.45, 7) is 3.94. The lowest BCUT2D eigenvalue weighted by Crippen LogP contribution is -2.52. The van der Waals surface area contributed by atoms with E-state index in [2.05, 4.69) is 22.2 Å².